The maximum absolute atomic E-state index is 12.0. The zero-order valence-corrected chi connectivity index (χ0v) is 18.5. The second-order valence-electron chi connectivity index (χ2n) is 9.13. The van der Waals surface area contributed by atoms with Crippen LogP contribution in [-0.2, 0) is 16.1 Å². The molecular formula is C22H29N9O2. The molecule has 0 bridgehead atoms. The molecule has 3 aliphatic rings. The van der Waals surface area contributed by atoms with Crippen molar-refractivity contribution in [3.63, 3.8) is 0 Å². The molecule has 11 nitrogen and oxygen atoms in total. The Morgan fingerprint density at radius 3 is 2.85 bits per heavy atom. The number of carbonyl (C=O) groups excluding carboxylic acids is 1. The Balaban J connectivity index is 1.38. The number of nitrogens with two attached hydrogens (primary N) is 1. The summed E-state index contributed by atoms with van der Waals surface area (Å²) in [6.45, 7) is 4.74. The Labute approximate surface area is 191 Å². The van der Waals surface area contributed by atoms with E-state index in [1.54, 1.807) is 0 Å². The van der Waals surface area contributed by atoms with Crippen LogP contribution in [-0.4, -0.2) is 74.5 Å². The van der Waals surface area contributed by atoms with Gasteiger partial charge in [0.2, 0.25) is 11.9 Å². The first kappa shape index (κ1) is 20.4. The van der Waals surface area contributed by atoms with Crippen LogP contribution in [0, 0.1) is 0 Å². The van der Waals surface area contributed by atoms with Crippen molar-refractivity contribution in [2.45, 2.75) is 44.2 Å². The van der Waals surface area contributed by atoms with Crippen LogP contribution in [0.4, 0.5) is 17.6 Å². The number of rotatable bonds is 7. The average molecular weight is 452 g/mol. The highest BCUT2D eigenvalue weighted by molar-refractivity contribution is 5.84. The number of aromatic amines is 1. The van der Waals surface area contributed by atoms with Crippen LogP contribution in [0.3, 0.4) is 0 Å². The van der Waals surface area contributed by atoms with Gasteiger partial charge >= 0.3 is 0 Å². The van der Waals surface area contributed by atoms with Gasteiger partial charge in [-0.05, 0) is 37.8 Å². The lowest BCUT2D eigenvalue weighted by Gasteiger charge is -2.26. The highest BCUT2D eigenvalue weighted by atomic mass is 16.5. The number of primary amides is 1. The number of hydrogen-bond acceptors (Lipinski definition) is 8. The first-order chi connectivity index (χ1) is 16.2. The molecular weight excluding hydrogens is 422 g/mol. The molecule has 2 aliphatic heterocycles. The van der Waals surface area contributed by atoms with Crippen LogP contribution in [0.2, 0.25) is 0 Å². The Hall–Kier alpha value is -3.18. The van der Waals surface area contributed by atoms with E-state index in [0.29, 0.717) is 24.2 Å². The molecule has 4 N–H and O–H groups in total. The Kier molecular flexibility index (Phi) is 5.14. The van der Waals surface area contributed by atoms with Gasteiger partial charge in [-0.1, -0.05) is 0 Å². The minimum absolute atomic E-state index is 0.340. The summed E-state index contributed by atoms with van der Waals surface area (Å²) in [4.78, 5) is 21.2. The second-order valence-corrected chi connectivity index (χ2v) is 9.13. The van der Waals surface area contributed by atoms with Gasteiger partial charge in [0, 0.05) is 43.9 Å². The smallest absolute Gasteiger partial charge is 0.246 e. The van der Waals surface area contributed by atoms with Crippen LogP contribution in [0.15, 0.2) is 18.2 Å². The topological polar surface area (TPSA) is 130 Å². The quantitative estimate of drug-likeness (QED) is 0.491. The summed E-state index contributed by atoms with van der Waals surface area (Å²) >= 11 is 0. The molecule has 1 amide bonds. The van der Waals surface area contributed by atoms with Crippen molar-refractivity contribution in [2.24, 2.45) is 5.73 Å². The van der Waals surface area contributed by atoms with Gasteiger partial charge in [0.15, 0.2) is 11.6 Å². The minimum Gasteiger partial charge on any atom is -0.379 e. The van der Waals surface area contributed by atoms with E-state index in [-0.39, 0.29) is 11.9 Å². The molecule has 2 saturated heterocycles. The number of morpholine rings is 1. The average Bonchev–Trinajstić information content (AvgIpc) is 3.21. The number of nitrogens with zero attached hydrogens (tertiary/aromatic N) is 6. The monoisotopic (exact) mass is 451 g/mol. The number of amides is 1. The van der Waals surface area contributed by atoms with Crippen LogP contribution < -0.4 is 16.0 Å². The van der Waals surface area contributed by atoms with E-state index in [4.69, 9.17) is 20.6 Å². The van der Waals surface area contributed by atoms with Gasteiger partial charge in [0.1, 0.15) is 11.6 Å². The Morgan fingerprint density at radius 2 is 2.06 bits per heavy atom. The maximum atomic E-state index is 12.0. The van der Waals surface area contributed by atoms with Crippen molar-refractivity contribution in [1.82, 2.24) is 29.7 Å². The molecule has 0 unspecified atom stereocenters. The number of nitrogens with one attached hydrogen (secondary N) is 2. The molecule has 5 heterocycles. The number of aromatic nitrogens is 5. The SMILES string of the molecule is NC(=O)[C@@H]1CCCN1c1nc(Nc2cc(C3CC3)[nH]n2)c2ccc(CN3CCOCC3)n2n1. The third-order valence-corrected chi connectivity index (χ3v) is 6.77. The summed E-state index contributed by atoms with van der Waals surface area (Å²) in [5.41, 5.74) is 8.76. The highest BCUT2D eigenvalue weighted by Crippen LogP contribution is 2.40. The van der Waals surface area contributed by atoms with Gasteiger partial charge in [-0.15, -0.1) is 5.10 Å². The van der Waals surface area contributed by atoms with Crippen LogP contribution >= 0.6 is 0 Å². The fraction of sp³-hybridized carbons (Fsp3) is 0.545. The third kappa shape index (κ3) is 4.02. The van der Waals surface area contributed by atoms with Gasteiger partial charge in [-0.3, -0.25) is 14.8 Å². The normalized spacial score (nSPS) is 21.7. The predicted octanol–water partition coefficient (Wildman–Crippen LogP) is 1.36. The minimum atomic E-state index is -0.389. The molecule has 3 aromatic rings. The van der Waals surface area contributed by atoms with E-state index in [1.807, 2.05) is 15.5 Å². The fourth-order valence-corrected chi connectivity index (χ4v) is 4.79. The van der Waals surface area contributed by atoms with Crippen molar-refractivity contribution in [1.29, 1.82) is 0 Å². The summed E-state index contributed by atoms with van der Waals surface area (Å²) in [6, 6.07) is 5.78. The van der Waals surface area contributed by atoms with Gasteiger partial charge in [-0.2, -0.15) is 10.1 Å². The Morgan fingerprint density at radius 1 is 1.21 bits per heavy atom. The third-order valence-electron chi connectivity index (χ3n) is 6.77. The molecule has 11 heteroatoms. The molecule has 1 saturated carbocycles. The summed E-state index contributed by atoms with van der Waals surface area (Å²) in [7, 11) is 0. The van der Waals surface area contributed by atoms with E-state index in [9.17, 15) is 4.79 Å². The number of anilines is 3. The van der Waals surface area contributed by atoms with E-state index in [1.165, 1.54) is 12.8 Å². The zero-order valence-electron chi connectivity index (χ0n) is 18.5. The van der Waals surface area contributed by atoms with E-state index >= 15 is 0 Å². The largest absolute Gasteiger partial charge is 0.379 e. The Bertz CT molecular complexity index is 1160. The second kappa shape index (κ2) is 8.31. The highest BCUT2D eigenvalue weighted by Gasteiger charge is 2.32. The molecule has 0 radical (unpaired) electrons. The van der Waals surface area contributed by atoms with Gasteiger partial charge < -0.3 is 20.7 Å². The number of H-pyrrole nitrogens is 1. The summed E-state index contributed by atoms with van der Waals surface area (Å²) in [5.74, 6) is 2.14. The van der Waals surface area contributed by atoms with Crippen LogP contribution in [0.25, 0.3) is 5.52 Å². The molecule has 0 aromatic carbocycles. The summed E-state index contributed by atoms with van der Waals surface area (Å²) < 4.78 is 7.43. The lowest BCUT2D eigenvalue weighted by molar-refractivity contribution is -0.119. The van der Waals surface area contributed by atoms with Crippen LogP contribution in [0.5, 0.6) is 0 Å². The summed E-state index contributed by atoms with van der Waals surface area (Å²) in [6.07, 6.45) is 4.01. The van der Waals surface area contributed by atoms with E-state index in [2.05, 4.69) is 32.5 Å². The maximum Gasteiger partial charge on any atom is 0.246 e. The van der Waals surface area contributed by atoms with Crippen LogP contribution in [0.1, 0.15) is 43.0 Å². The molecule has 3 aromatic heterocycles. The number of ether oxygens (including phenoxy) is 1. The first-order valence-corrected chi connectivity index (χ1v) is 11.7. The zero-order chi connectivity index (χ0) is 22.4. The van der Waals surface area contributed by atoms with E-state index < -0.39 is 0 Å². The molecule has 1 aliphatic carbocycles. The molecule has 3 fully saturated rings. The predicted molar refractivity (Wildman–Crippen MR) is 122 cm³/mol. The van der Waals surface area contributed by atoms with Crippen molar-refractivity contribution in [3.05, 3.63) is 29.6 Å². The van der Waals surface area contributed by atoms with Crippen molar-refractivity contribution in [2.75, 3.05) is 43.1 Å². The van der Waals surface area contributed by atoms with Gasteiger partial charge in [0.05, 0.1) is 18.9 Å². The molecule has 0 spiro atoms. The molecule has 6 rings (SSSR count). The lowest BCUT2D eigenvalue weighted by Crippen LogP contribution is -2.41. The molecule has 1 atom stereocenters. The molecule has 33 heavy (non-hydrogen) atoms. The number of carbonyl (C=O) groups is 1. The van der Waals surface area contributed by atoms with Crippen molar-refractivity contribution < 1.29 is 9.53 Å². The first-order valence-electron chi connectivity index (χ1n) is 11.7. The van der Waals surface area contributed by atoms with Crippen molar-refractivity contribution >= 4 is 29.0 Å². The molecule has 174 valence electrons. The standard InChI is InChI=1S/C22H29N9O2/c23-20(32)17-2-1-7-30(17)22-25-21(24-19-12-16(26-27-19)14-3-4-14)18-6-5-15(31(18)28-22)13-29-8-10-33-11-9-29/h5-6,12,14,17H,1-4,7-11,13H2,(H2,23,32)(H2,24,25,26,27,28)/t17-/m0/s1. The van der Waals surface area contributed by atoms with Gasteiger partial charge in [0.25, 0.3) is 0 Å². The van der Waals surface area contributed by atoms with Crippen molar-refractivity contribution in [3.8, 4) is 0 Å². The fourth-order valence-electron chi connectivity index (χ4n) is 4.79. The lowest BCUT2D eigenvalue weighted by atomic mass is 10.2. The summed E-state index contributed by atoms with van der Waals surface area (Å²) in [5, 5.41) is 15.8. The number of hydrogen-bond donors (Lipinski definition) is 3. The number of fused-ring (bicyclic) bond motifs is 1. The van der Waals surface area contributed by atoms with Gasteiger partial charge in [-0.25, -0.2) is 4.52 Å². The van der Waals surface area contributed by atoms with E-state index in [0.717, 1.165) is 68.4 Å².